The molecule has 0 radical (unpaired) electrons. The van der Waals surface area contributed by atoms with Gasteiger partial charge in [-0.1, -0.05) is 42.0 Å². The number of rotatable bonds is 4. The van der Waals surface area contributed by atoms with Crippen molar-refractivity contribution in [2.75, 3.05) is 17.1 Å². The third-order valence-electron chi connectivity index (χ3n) is 4.01. The fraction of sp³-hybridized carbons (Fsp3) is 0.278. The number of carbonyl (C=O) groups is 1. The molecule has 1 aliphatic heterocycles. The summed E-state index contributed by atoms with van der Waals surface area (Å²) >= 11 is 0. The minimum Gasteiger partial charge on any atom is -0.476 e. The number of nitrogens with zero attached hydrogens (tertiary/aromatic N) is 1. The highest BCUT2D eigenvalue weighted by molar-refractivity contribution is 7.92. The largest absolute Gasteiger partial charge is 0.476 e. The number of para-hydroxylation sites is 2. The molecule has 0 aromatic heterocycles. The number of carbonyl (C=O) groups excluding carboxylic acids is 1. The molecule has 25 heavy (non-hydrogen) atoms. The first-order valence-corrected chi connectivity index (χ1v) is 9.76. The van der Waals surface area contributed by atoms with Crippen LogP contribution in [0.15, 0.2) is 48.5 Å². The third kappa shape index (κ3) is 3.93. The Bertz CT molecular complexity index is 878. The average molecular weight is 360 g/mol. The number of nitrogens with one attached hydrogen (secondary N) is 1. The van der Waals surface area contributed by atoms with Gasteiger partial charge in [-0.3, -0.25) is 9.10 Å². The summed E-state index contributed by atoms with van der Waals surface area (Å²) in [6.07, 6.45) is 0.228. The quantitative estimate of drug-likeness (QED) is 0.903. The molecule has 2 aromatic carbocycles. The molecule has 3 rings (SSSR count). The summed E-state index contributed by atoms with van der Waals surface area (Å²) in [4.78, 5) is 12.5. The van der Waals surface area contributed by atoms with Gasteiger partial charge in [0.05, 0.1) is 18.5 Å². The van der Waals surface area contributed by atoms with Crippen LogP contribution in [0, 0.1) is 6.92 Å². The van der Waals surface area contributed by atoms with Gasteiger partial charge >= 0.3 is 0 Å². The number of amides is 1. The minimum absolute atomic E-state index is 0.0461. The molecule has 1 N–H and O–H groups in total. The van der Waals surface area contributed by atoms with Crippen LogP contribution in [0.5, 0.6) is 5.75 Å². The smallest absolute Gasteiger partial charge is 0.263 e. The van der Waals surface area contributed by atoms with Crippen molar-refractivity contribution in [2.45, 2.75) is 19.6 Å². The molecule has 0 saturated heterocycles. The molecule has 6 nitrogen and oxygen atoms in total. The van der Waals surface area contributed by atoms with Crippen LogP contribution < -0.4 is 14.4 Å². The lowest BCUT2D eigenvalue weighted by Crippen LogP contribution is -2.50. The van der Waals surface area contributed by atoms with Crippen molar-refractivity contribution in [2.24, 2.45) is 0 Å². The normalized spacial score (nSPS) is 16.7. The number of anilines is 1. The van der Waals surface area contributed by atoms with Crippen molar-refractivity contribution in [3.8, 4) is 5.75 Å². The Labute approximate surface area is 147 Å². The van der Waals surface area contributed by atoms with Gasteiger partial charge in [-0.2, -0.15) is 0 Å². The van der Waals surface area contributed by atoms with Gasteiger partial charge in [0.2, 0.25) is 10.0 Å². The second-order valence-electron chi connectivity index (χ2n) is 6.07. The first-order chi connectivity index (χ1) is 11.8. The van der Waals surface area contributed by atoms with Gasteiger partial charge in [0.1, 0.15) is 5.75 Å². The van der Waals surface area contributed by atoms with Gasteiger partial charge in [-0.25, -0.2) is 8.42 Å². The summed E-state index contributed by atoms with van der Waals surface area (Å²) in [6.45, 7) is 2.31. The number of aryl methyl sites for hydroxylation is 1. The topological polar surface area (TPSA) is 75.7 Å². The average Bonchev–Trinajstić information content (AvgIpc) is 2.59. The Morgan fingerprint density at radius 2 is 1.88 bits per heavy atom. The summed E-state index contributed by atoms with van der Waals surface area (Å²) in [5.74, 6) is 0.0402. The molecule has 0 saturated carbocycles. The van der Waals surface area contributed by atoms with Crippen LogP contribution in [-0.2, 0) is 21.4 Å². The molecular formula is C18H20N2O4S. The fourth-order valence-electron chi connectivity index (χ4n) is 2.66. The van der Waals surface area contributed by atoms with Gasteiger partial charge in [-0.15, -0.1) is 0 Å². The van der Waals surface area contributed by atoms with E-state index in [9.17, 15) is 13.2 Å². The van der Waals surface area contributed by atoms with Crippen LogP contribution in [0.2, 0.25) is 0 Å². The molecule has 0 spiro atoms. The van der Waals surface area contributed by atoms with Crippen LogP contribution in [0.1, 0.15) is 11.1 Å². The van der Waals surface area contributed by atoms with Crippen molar-refractivity contribution < 1.29 is 17.9 Å². The molecule has 0 bridgehead atoms. The number of hydrogen-bond donors (Lipinski definition) is 1. The first kappa shape index (κ1) is 17.3. The van der Waals surface area contributed by atoms with Crippen LogP contribution in [0.3, 0.4) is 0 Å². The molecule has 0 unspecified atom stereocenters. The second kappa shape index (κ2) is 6.76. The van der Waals surface area contributed by atoms with Gasteiger partial charge in [0.25, 0.3) is 5.91 Å². The summed E-state index contributed by atoms with van der Waals surface area (Å²) in [7, 11) is -3.50. The van der Waals surface area contributed by atoms with Crippen LogP contribution in [-0.4, -0.2) is 33.2 Å². The Balaban J connectivity index is 1.74. The third-order valence-corrected chi connectivity index (χ3v) is 5.16. The van der Waals surface area contributed by atoms with Crippen molar-refractivity contribution in [3.63, 3.8) is 0 Å². The molecule has 0 aliphatic carbocycles. The molecule has 1 heterocycles. The zero-order chi connectivity index (χ0) is 18.0. The molecule has 7 heteroatoms. The van der Waals surface area contributed by atoms with Gasteiger partial charge in [0, 0.05) is 6.54 Å². The summed E-state index contributed by atoms with van der Waals surface area (Å²) < 4.78 is 31.1. The molecular weight excluding hydrogens is 340 g/mol. The highest BCUT2D eigenvalue weighted by atomic mass is 32.2. The highest BCUT2D eigenvalue weighted by Crippen LogP contribution is 2.34. The van der Waals surface area contributed by atoms with Crippen LogP contribution in [0.4, 0.5) is 5.69 Å². The second-order valence-corrected chi connectivity index (χ2v) is 7.98. The lowest BCUT2D eigenvalue weighted by Gasteiger charge is -2.33. The van der Waals surface area contributed by atoms with E-state index >= 15 is 0 Å². The summed E-state index contributed by atoms with van der Waals surface area (Å²) in [5, 5.41) is 2.81. The van der Waals surface area contributed by atoms with Crippen LogP contribution in [0.25, 0.3) is 0 Å². The summed E-state index contributed by atoms with van der Waals surface area (Å²) in [5.41, 5.74) is 2.56. The Morgan fingerprint density at radius 3 is 2.56 bits per heavy atom. The monoisotopic (exact) mass is 360 g/mol. The lowest BCUT2D eigenvalue weighted by atomic mass is 10.1. The maximum Gasteiger partial charge on any atom is 0.263 e. The summed E-state index contributed by atoms with van der Waals surface area (Å²) in [6, 6.07) is 14.6. The predicted molar refractivity (Wildman–Crippen MR) is 96.1 cm³/mol. The standard InChI is InChI=1S/C18H20N2O4S/c1-13-7-9-14(10-8-13)11-19-18(21)17-12-20(25(2,22)23)15-5-3-4-6-16(15)24-17/h3-10,17H,11-12H2,1-2H3,(H,19,21)/t17-/m0/s1. The first-order valence-electron chi connectivity index (χ1n) is 7.91. The molecule has 132 valence electrons. The molecule has 0 fully saturated rings. The number of sulfonamides is 1. The lowest BCUT2D eigenvalue weighted by molar-refractivity contribution is -0.127. The number of fused-ring (bicyclic) bond motifs is 1. The molecule has 1 aliphatic rings. The molecule has 1 atom stereocenters. The van der Waals surface area contributed by atoms with Crippen LogP contribution >= 0.6 is 0 Å². The van der Waals surface area contributed by atoms with E-state index in [0.29, 0.717) is 18.0 Å². The maximum absolute atomic E-state index is 12.5. The fourth-order valence-corrected chi connectivity index (χ4v) is 3.58. The predicted octanol–water partition coefficient (Wildman–Crippen LogP) is 1.84. The van der Waals surface area contributed by atoms with Gasteiger partial charge in [-0.05, 0) is 24.6 Å². The highest BCUT2D eigenvalue weighted by Gasteiger charge is 2.34. The molecule has 1 amide bonds. The zero-order valence-electron chi connectivity index (χ0n) is 14.1. The van der Waals surface area contributed by atoms with E-state index in [0.717, 1.165) is 17.4 Å². The van der Waals surface area contributed by atoms with E-state index in [1.54, 1.807) is 24.3 Å². The number of ether oxygens (including phenoxy) is 1. The van der Waals surface area contributed by atoms with Crippen molar-refractivity contribution in [3.05, 3.63) is 59.7 Å². The molecule has 2 aromatic rings. The Morgan fingerprint density at radius 1 is 1.20 bits per heavy atom. The van der Waals surface area contributed by atoms with E-state index in [2.05, 4.69) is 5.32 Å². The van der Waals surface area contributed by atoms with Gasteiger partial charge in [0.15, 0.2) is 6.10 Å². The maximum atomic E-state index is 12.5. The minimum atomic E-state index is -3.50. The van der Waals surface area contributed by atoms with Crippen molar-refractivity contribution in [1.82, 2.24) is 5.32 Å². The van der Waals surface area contributed by atoms with E-state index in [1.807, 2.05) is 31.2 Å². The van der Waals surface area contributed by atoms with E-state index in [-0.39, 0.29) is 12.5 Å². The van der Waals surface area contributed by atoms with Crippen molar-refractivity contribution >= 4 is 21.6 Å². The van der Waals surface area contributed by atoms with E-state index < -0.39 is 16.1 Å². The number of hydrogen-bond acceptors (Lipinski definition) is 4. The van der Waals surface area contributed by atoms with Gasteiger partial charge < -0.3 is 10.1 Å². The van der Waals surface area contributed by atoms with E-state index in [1.165, 1.54) is 4.31 Å². The Kier molecular flexibility index (Phi) is 4.67. The zero-order valence-corrected chi connectivity index (χ0v) is 14.9. The van der Waals surface area contributed by atoms with E-state index in [4.69, 9.17) is 4.74 Å². The number of benzene rings is 2. The Hall–Kier alpha value is -2.54. The van der Waals surface area contributed by atoms with Crippen molar-refractivity contribution in [1.29, 1.82) is 0 Å². The SMILES string of the molecule is Cc1ccc(CNC(=O)[C@@H]2CN(S(C)(=O)=O)c3ccccc3O2)cc1.